The van der Waals surface area contributed by atoms with Crippen LogP contribution in [0, 0.1) is 61.7 Å². The molecular formula is C73H104Cl5N49O20. The fourth-order valence-electron chi connectivity index (χ4n) is 8.95. The van der Waals surface area contributed by atoms with Crippen molar-refractivity contribution in [1.29, 1.82) is 15.8 Å². The zero-order valence-electron chi connectivity index (χ0n) is 81.9. The standard InChI is InChI=1S/C24H27N17O5.C12H15N9O.C6H9N3O2.C6H7NO3.C4H3Cl2N3O.C4H9N7O.C4H5NO2.C4H5NO.C4H10O3.C3Cl3N3.CH6N2.CH4O.H4N2/c1-10-15(32-34-19-12(14(43)9-42)7-27-38(19)3)17(25)40(36-10)22-29-23(31-24(30-22)46-6)41-18(26)16(11(2)37-41)33-35-20-13(21(44)45-5)8-28-39(20)4;1-6-4-8(13)20(18-6)10-15-11(17-12(16-10)22-3)21-9(14)5-7(2)19-21;1-9-5(7)4(3-8-9)6(10)11-2;1-10-6(9)5(4-7)2-3-8;1-10-4-8-2(5)7-3(6)9-4;1-12-4-8-2(10-5)7-3(9-4)11-6;1-7-4(6)2-3-5;1-4(6)2-3-5;1-5-4(6-2)7-3;4-1-7-2(5)9-3(6)8-1;1-3-2;2*1-2/h7-8,42H,9,25-26H2,1-6H3;4-5H,13-14H2,1-3H3;3H,7H2,1-2H3;2,8H,3H2,1H3;1H3;5-6H2,1H3,(H2,7,8,9,10,11);2H2,1H3;2H2,1H3;4H,1-3H3;;3H,2H2,1H3;2H,1H3;1-2H2/b;;;5-2+;;;;;;;;;. The molecule has 74 heteroatoms. The Hall–Kier alpha value is -17.1. The Balaban J connectivity index is 0.00000177. The van der Waals surface area contributed by atoms with Crippen LogP contribution in [-0.2, 0) is 68.7 Å². The molecule has 0 saturated carbocycles. The quantitative estimate of drug-likeness (QED) is 0.00425. The highest BCUT2D eigenvalue weighted by Gasteiger charge is 2.26. The molecule has 0 spiro atoms. The third-order valence-corrected chi connectivity index (χ3v) is 16.1. The minimum absolute atomic E-state index is 0.000000000000000444. The van der Waals surface area contributed by atoms with Crippen LogP contribution in [0.3, 0.4) is 0 Å². The van der Waals surface area contributed by atoms with E-state index in [1.165, 1.54) is 136 Å². The molecule has 12 aromatic rings. The van der Waals surface area contributed by atoms with E-state index in [9.17, 15) is 33.9 Å². The van der Waals surface area contributed by atoms with Crippen molar-refractivity contribution in [2.45, 2.75) is 53.9 Å². The number of nitrogen functional groups attached to an aromatic ring is 7. The largest absolute Gasteiger partial charge is 0.468 e. The third-order valence-electron chi connectivity index (χ3n) is 15.2. The van der Waals surface area contributed by atoms with Crippen LogP contribution in [0.1, 0.15) is 73.6 Å². The molecule has 0 bridgehead atoms. The monoisotopic (exact) mass is 2160 g/mol. The first-order chi connectivity index (χ1) is 69.9. The molecule has 0 radical (unpaired) electrons. The lowest BCUT2D eigenvalue weighted by Crippen LogP contribution is -2.16. The molecule has 12 heterocycles. The number of ketones is 2. The van der Waals surface area contributed by atoms with Crippen molar-refractivity contribution in [2.24, 2.45) is 70.8 Å². The third kappa shape index (κ3) is 43.3. The number of nitrogens with zero attached hydrogens (tertiary/aromatic N) is 36. The molecule has 796 valence electrons. The normalized spacial score (nSPS) is 9.97. The molecule has 0 amide bonds. The summed E-state index contributed by atoms with van der Waals surface area (Å²) in [5.41, 5.74) is 39.6. The second-order valence-corrected chi connectivity index (χ2v) is 26.7. The number of carbonyl (C=O) groups excluding carboxylic acids is 6. The number of esters is 4. The number of azo groups is 2. The fourth-order valence-corrected chi connectivity index (χ4v) is 9.91. The molecule has 0 aliphatic carbocycles. The number of aliphatic hydroxyl groups excluding tert-OH is 3. The molecule has 0 fully saturated rings. The van der Waals surface area contributed by atoms with E-state index < -0.39 is 42.7 Å². The lowest BCUT2D eigenvalue weighted by atomic mass is 10.2. The molecule has 12 aromatic heterocycles. The summed E-state index contributed by atoms with van der Waals surface area (Å²) in [5.74, 6) is 21.8. The number of aryl methyl sites for hydroxylation is 7. The number of hydrazine groups is 4. The van der Waals surface area contributed by atoms with Crippen LogP contribution in [-0.4, -0.2) is 306 Å². The van der Waals surface area contributed by atoms with Gasteiger partial charge in [0.2, 0.25) is 38.3 Å². The topological polar surface area (TPSA) is 1000 Å². The highest BCUT2D eigenvalue weighted by Crippen LogP contribution is 2.34. The molecule has 0 unspecified atom stereocenters. The van der Waals surface area contributed by atoms with E-state index in [4.69, 9.17) is 143 Å². The van der Waals surface area contributed by atoms with E-state index in [1.807, 2.05) is 13.8 Å². The first-order valence-electron chi connectivity index (χ1n) is 39.3. The van der Waals surface area contributed by atoms with Gasteiger partial charge in [-0.3, -0.25) is 52.9 Å². The second kappa shape index (κ2) is 69.7. The molecule has 0 aliphatic rings. The maximum Gasteiger partial charge on any atom is 0.348 e. The summed E-state index contributed by atoms with van der Waals surface area (Å²) < 4.78 is 60.4. The van der Waals surface area contributed by atoms with Gasteiger partial charge in [-0.05, 0) is 106 Å². The van der Waals surface area contributed by atoms with E-state index in [0.717, 1.165) is 24.6 Å². The summed E-state index contributed by atoms with van der Waals surface area (Å²) in [5, 5.41) is 94.1. The molecular weight excluding hydrogens is 2060 g/mol. The predicted molar refractivity (Wildman–Crippen MR) is 518 cm³/mol. The number of nitrogens with one attached hydrogen (secondary N) is 3. The number of rotatable bonds is 25. The molecule has 26 N–H and O–H groups in total. The van der Waals surface area contributed by atoms with Gasteiger partial charge in [0.25, 0.3) is 30.3 Å². The Morgan fingerprint density at radius 1 is 0.463 bits per heavy atom. The number of nitrogens with two attached hydrogens (primary N) is 10. The molecule has 147 heavy (non-hydrogen) atoms. The molecule has 12 rings (SSSR count). The zero-order chi connectivity index (χ0) is 112. The Morgan fingerprint density at radius 3 is 1.10 bits per heavy atom. The molecule has 69 nitrogen and oxygen atoms in total. The fraction of sp³-hybridized carbons (Fsp3) is 0.356. The lowest BCUT2D eigenvalue weighted by Gasteiger charge is -2.08. The van der Waals surface area contributed by atoms with Crippen molar-refractivity contribution in [2.75, 3.05) is 145 Å². The number of Topliss-reactive ketones (excluding diaryl/α,β-unsaturated/α-hetero) is 2. The van der Waals surface area contributed by atoms with Crippen LogP contribution in [0.2, 0.25) is 26.4 Å². The first-order valence-corrected chi connectivity index (χ1v) is 41.1. The molecule has 0 aliphatic heterocycles. The maximum absolute atomic E-state index is 12.1. The van der Waals surface area contributed by atoms with Gasteiger partial charge < -0.3 is 96.1 Å². The van der Waals surface area contributed by atoms with Gasteiger partial charge in [-0.2, -0.15) is 145 Å². The van der Waals surface area contributed by atoms with Crippen LogP contribution >= 0.6 is 58.0 Å². The van der Waals surface area contributed by atoms with Gasteiger partial charge >= 0.3 is 47.9 Å². The van der Waals surface area contributed by atoms with Gasteiger partial charge in [-0.15, -0.1) is 20.5 Å². The number of carbonyl (C=O) groups is 6. The lowest BCUT2D eigenvalue weighted by molar-refractivity contribution is -0.252. The van der Waals surface area contributed by atoms with E-state index in [1.54, 1.807) is 72.4 Å². The van der Waals surface area contributed by atoms with Crippen molar-refractivity contribution in [3.05, 3.63) is 108 Å². The van der Waals surface area contributed by atoms with Gasteiger partial charge in [-0.25, -0.2) is 35.4 Å². The smallest absolute Gasteiger partial charge is 0.348 e. The maximum atomic E-state index is 12.1. The Labute approximate surface area is 858 Å². The SMILES string of the molecule is CC(=O)CC#N.CNN.CO.COC(=O)/C(C#N)=C/CO.COC(=O)CC#N.COC(=O)c1cnn(C)c1N.COC(=O)c1cnn(C)c1N=Nc1c(C)nn(-c2nc(OC)nc(-n3nc(C)c(N=Nc4c(C(=O)CO)cnn4C)c3N)n2)c1N.COC(OC)OC.COc1nc(-n2nc(C)cc2N)nc(-n2nc(C)cc2N)n1.COc1nc(Cl)nc(Cl)n1.COc1nc(NN)nc(NN)n1.Clc1nc(Cl)nc(Cl)n1.NN. The molecule has 0 atom stereocenters. The van der Waals surface area contributed by atoms with E-state index in [0.29, 0.717) is 34.4 Å². The molecule has 0 aromatic carbocycles. The van der Waals surface area contributed by atoms with E-state index in [-0.39, 0.29) is 163 Å². The van der Waals surface area contributed by atoms with E-state index >= 15 is 0 Å². The molecule has 0 saturated heterocycles. The Bertz CT molecular complexity index is 6090. The van der Waals surface area contributed by atoms with Gasteiger partial charge in [0.1, 0.15) is 59.0 Å². The summed E-state index contributed by atoms with van der Waals surface area (Å²) in [4.78, 5) is 123. The minimum Gasteiger partial charge on any atom is -0.468 e. The first kappa shape index (κ1) is 130. The number of ether oxygens (including phenoxy) is 11. The van der Waals surface area contributed by atoms with E-state index in [2.05, 4.69) is 198 Å². The van der Waals surface area contributed by atoms with Crippen molar-refractivity contribution in [3.63, 3.8) is 0 Å². The van der Waals surface area contributed by atoms with Crippen LogP contribution in [0.15, 0.2) is 62.8 Å². The average Bonchev–Trinajstić information content (AvgIpc) is 1.62. The van der Waals surface area contributed by atoms with Crippen LogP contribution in [0.4, 0.5) is 64.0 Å². The van der Waals surface area contributed by atoms with Crippen molar-refractivity contribution >= 4 is 157 Å². The highest BCUT2D eigenvalue weighted by atomic mass is 35.5. The predicted octanol–water partition coefficient (Wildman–Crippen LogP) is 0.464. The minimum atomic E-state index is -0.725. The number of aliphatic hydroxyl groups is 3. The van der Waals surface area contributed by atoms with Crippen LogP contribution in [0.25, 0.3) is 23.8 Å². The van der Waals surface area contributed by atoms with Gasteiger partial charge in [0.05, 0.1) is 129 Å². The summed E-state index contributed by atoms with van der Waals surface area (Å²) in [6.45, 7) is 6.73. The Kier molecular flexibility index (Phi) is 61.6. The Morgan fingerprint density at radius 2 is 0.810 bits per heavy atom. The number of hydrogen-bond donors (Lipinski definition) is 16. The summed E-state index contributed by atoms with van der Waals surface area (Å²) in [7, 11) is 22.6. The van der Waals surface area contributed by atoms with Gasteiger partial charge in [0, 0.05) is 61.7 Å². The number of aromatic nitrogens is 29. The highest BCUT2D eigenvalue weighted by molar-refractivity contribution is 6.33. The number of methoxy groups -OCH3 is 11. The van der Waals surface area contributed by atoms with Crippen molar-refractivity contribution in [1.82, 2.24) is 149 Å². The number of nitriles is 3. The van der Waals surface area contributed by atoms with Crippen LogP contribution < -0.4 is 93.1 Å². The summed E-state index contributed by atoms with van der Waals surface area (Å²) in [6, 6.07) is 8.60. The zero-order valence-corrected chi connectivity index (χ0v) is 85.7. The van der Waals surface area contributed by atoms with Gasteiger partial charge in [0.15, 0.2) is 40.4 Å². The van der Waals surface area contributed by atoms with Crippen molar-refractivity contribution < 1.29 is 96.2 Å². The second-order valence-electron chi connectivity index (χ2n) is 25.0. The summed E-state index contributed by atoms with van der Waals surface area (Å²) >= 11 is 26.8. The van der Waals surface area contributed by atoms with Crippen LogP contribution in [0.5, 0.6) is 24.0 Å². The number of hydrogen-bond acceptors (Lipinski definition) is 62. The van der Waals surface area contributed by atoms with Crippen molar-refractivity contribution in [3.8, 4) is 66.0 Å². The number of halogens is 5. The number of anilines is 7. The average molecular weight is 2170 g/mol. The van der Waals surface area contributed by atoms with Gasteiger partial charge in [-0.1, -0.05) is 0 Å². The summed E-state index contributed by atoms with van der Waals surface area (Å²) in [6.07, 6.45) is 4.94.